The number of rotatable bonds is 4. The maximum atomic E-state index is 12.6. The number of fused-ring (bicyclic) bond motifs is 1. The number of H-pyrrole nitrogens is 1. The van der Waals surface area contributed by atoms with Gasteiger partial charge in [0.2, 0.25) is 0 Å². The third-order valence-corrected chi connectivity index (χ3v) is 6.88. The highest BCUT2D eigenvalue weighted by molar-refractivity contribution is 5.76. The Bertz CT molecular complexity index is 837. The van der Waals surface area contributed by atoms with Gasteiger partial charge in [-0.25, -0.2) is 4.79 Å². The summed E-state index contributed by atoms with van der Waals surface area (Å²) in [6.45, 7) is 9.58. The Morgan fingerprint density at radius 3 is 2.56 bits per heavy atom. The van der Waals surface area contributed by atoms with Crippen LogP contribution in [0.4, 0.5) is 0 Å². The van der Waals surface area contributed by atoms with Crippen molar-refractivity contribution < 1.29 is 4.74 Å². The van der Waals surface area contributed by atoms with E-state index in [2.05, 4.69) is 42.8 Å². The number of ether oxygens (including phenoxy) is 1. The number of hydrogen-bond donors (Lipinski definition) is 1. The molecule has 0 radical (unpaired) electrons. The van der Waals surface area contributed by atoms with E-state index in [1.165, 1.54) is 31.2 Å². The van der Waals surface area contributed by atoms with E-state index in [0.717, 1.165) is 43.6 Å². The minimum absolute atomic E-state index is 0.0393. The first-order valence-corrected chi connectivity index (χ1v) is 10.6. The van der Waals surface area contributed by atoms with Gasteiger partial charge in [0.15, 0.2) is 0 Å². The number of benzene rings is 1. The fourth-order valence-electron chi connectivity index (χ4n) is 5.19. The lowest BCUT2D eigenvalue weighted by atomic mass is 9.79. The molecule has 27 heavy (non-hydrogen) atoms. The Labute approximate surface area is 161 Å². The molecule has 2 fully saturated rings. The van der Waals surface area contributed by atoms with Gasteiger partial charge in [-0.05, 0) is 77.0 Å². The molecular weight excluding hydrogens is 338 g/mol. The third-order valence-electron chi connectivity index (χ3n) is 6.88. The number of aryl methyl sites for hydroxylation is 1. The van der Waals surface area contributed by atoms with Crippen molar-refractivity contribution in [2.45, 2.75) is 77.0 Å². The van der Waals surface area contributed by atoms with Gasteiger partial charge in [0.25, 0.3) is 0 Å². The molecule has 1 aliphatic carbocycles. The number of nitrogens with zero attached hydrogens (tertiary/aromatic N) is 2. The molecular formula is C22H33N3O2. The lowest BCUT2D eigenvalue weighted by molar-refractivity contribution is -0.0273. The van der Waals surface area contributed by atoms with Gasteiger partial charge < -0.3 is 9.72 Å². The summed E-state index contributed by atoms with van der Waals surface area (Å²) in [5, 5.41) is 0. The van der Waals surface area contributed by atoms with Gasteiger partial charge in [0, 0.05) is 31.3 Å². The van der Waals surface area contributed by atoms with E-state index in [1.807, 2.05) is 10.6 Å². The number of imidazole rings is 1. The quantitative estimate of drug-likeness (QED) is 0.883. The molecule has 0 spiro atoms. The average Bonchev–Trinajstić information content (AvgIpc) is 2.99. The molecule has 0 atom stereocenters. The summed E-state index contributed by atoms with van der Waals surface area (Å²) in [6.07, 6.45) is 7.32. The van der Waals surface area contributed by atoms with E-state index in [-0.39, 0.29) is 5.69 Å². The van der Waals surface area contributed by atoms with Crippen LogP contribution in [0, 0.1) is 6.92 Å². The number of aromatic amines is 1. The fraction of sp³-hybridized carbons (Fsp3) is 0.682. The van der Waals surface area contributed by atoms with Gasteiger partial charge in [-0.1, -0.05) is 6.07 Å². The average molecular weight is 372 g/mol. The number of hydrogen-bond acceptors (Lipinski definition) is 3. The van der Waals surface area contributed by atoms with Crippen LogP contribution in [-0.4, -0.2) is 45.8 Å². The Balaban J connectivity index is 1.45. The fourth-order valence-corrected chi connectivity index (χ4v) is 5.19. The van der Waals surface area contributed by atoms with E-state index in [1.54, 1.807) is 0 Å². The molecule has 5 heteroatoms. The summed E-state index contributed by atoms with van der Waals surface area (Å²) in [5.74, 6) is 0. The lowest BCUT2D eigenvalue weighted by Gasteiger charge is -2.48. The zero-order valence-electron chi connectivity index (χ0n) is 17.0. The topological polar surface area (TPSA) is 50.3 Å². The largest absolute Gasteiger partial charge is 0.379 e. The van der Waals surface area contributed by atoms with Crippen molar-refractivity contribution in [3.63, 3.8) is 0 Å². The number of nitrogens with one attached hydrogen (secondary N) is 1. The monoisotopic (exact) mass is 371 g/mol. The minimum Gasteiger partial charge on any atom is -0.379 e. The molecule has 148 valence electrons. The van der Waals surface area contributed by atoms with Gasteiger partial charge in [-0.15, -0.1) is 0 Å². The lowest BCUT2D eigenvalue weighted by Crippen LogP contribution is -2.53. The second kappa shape index (κ2) is 7.44. The standard InChI is InChI=1S/C22H33N3O2/c1-4-27-18-7-11-22(3,12-8-18)24-13-9-17(10-14-24)25-20-15-16(2)5-6-19(20)23-21(25)26/h5-6,15,17-18H,4,7-14H2,1-3H3,(H,23,26). The minimum atomic E-state index is 0.0393. The first-order chi connectivity index (χ1) is 13.0. The molecule has 1 aliphatic heterocycles. The van der Waals surface area contributed by atoms with Gasteiger partial charge in [0.1, 0.15) is 0 Å². The molecule has 2 aromatic rings. The zero-order chi connectivity index (χ0) is 19.0. The van der Waals surface area contributed by atoms with Gasteiger partial charge >= 0.3 is 5.69 Å². The van der Waals surface area contributed by atoms with Crippen molar-refractivity contribution in [3.05, 3.63) is 34.2 Å². The molecule has 1 saturated heterocycles. The molecule has 1 aromatic heterocycles. The molecule has 1 aromatic carbocycles. The van der Waals surface area contributed by atoms with Gasteiger partial charge in [-0.3, -0.25) is 9.47 Å². The van der Waals surface area contributed by atoms with Crippen LogP contribution in [0.15, 0.2) is 23.0 Å². The first kappa shape index (κ1) is 18.8. The Kier molecular flexibility index (Phi) is 5.17. The SMILES string of the molecule is CCOC1CCC(C)(N2CCC(n3c(=O)[nH]c4ccc(C)cc43)CC2)CC1. The van der Waals surface area contributed by atoms with Crippen LogP contribution in [0.2, 0.25) is 0 Å². The highest BCUT2D eigenvalue weighted by atomic mass is 16.5. The molecule has 0 unspecified atom stereocenters. The second-order valence-corrected chi connectivity index (χ2v) is 8.69. The predicted molar refractivity (Wildman–Crippen MR) is 109 cm³/mol. The van der Waals surface area contributed by atoms with Crippen molar-refractivity contribution >= 4 is 11.0 Å². The van der Waals surface area contributed by atoms with Gasteiger partial charge in [0.05, 0.1) is 17.1 Å². The molecule has 4 rings (SSSR count). The van der Waals surface area contributed by atoms with Crippen LogP contribution in [0.3, 0.4) is 0 Å². The van der Waals surface area contributed by atoms with Gasteiger partial charge in [-0.2, -0.15) is 0 Å². The van der Waals surface area contributed by atoms with Crippen molar-refractivity contribution in [3.8, 4) is 0 Å². The van der Waals surface area contributed by atoms with E-state index < -0.39 is 0 Å². The Hall–Kier alpha value is -1.59. The number of aromatic nitrogens is 2. The summed E-state index contributed by atoms with van der Waals surface area (Å²) in [7, 11) is 0. The summed E-state index contributed by atoms with van der Waals surface area (Å²) < 4.78 is 7.84. The molecule has 2 heterocycles. The molecule has 0 amide bonds. The van der Waals surface area contributed by atoms with Crippen LogP contribution in [0.25, 0.3) is 11.0 Å². The normalized spacial score (nSPS) is 28.0. The molecule has 5 nitrogen and oxygen atoms in total. The summed E-state index contributed by atoms with van der Waals surface area (Å²) >= 11 is 0. The van der Waals surface area contributed by atoms with Crippen LogP contribution in [0.5, 0.6) is 0 Å². The van der Waals surface area contributed by atoms with E-state index in [9.17, 15) is 4.79 Å². The van der Waals surface area contributed by atoms with Crippen molar-refractivity contribution in [2.75, 3.05) is 19.7 Å². The number of piperidine rings is 1. The van der Waals surface area contributed by atoms with Crippen molar-refractivity contribution in [1.82, 2.24) is 14.5 Å². The summed E-state index contributed by atoms with van der Waals surface area (Å²) in [4.78, 5) is 18.3. The molecule has 1 N–H and O–H groups in total. The maximum absolute atomic E-state index is 12.6. The summed E-state index contributed by atoms with van der Waals surface area (Å²) in [6, 6.07) is 6.52. The van der Waals surface area contributed by atoms with Crippen molar-refractivity contribution in [1.29, 1.82) is 0 Å². The Morgan fingerprint density at radius 1 is 1.19 bits per heavy atom. The van der Waals surface area contributed by atoms with Crippen LogP contribution in [0.1, 0.15) is 64.0 Å². The molecule has 2 aliphatic rings. The Morgan fingerprint density at radius 2 is 1.89 bits per heavy atom. The summed E-state index contributed by atoms with van der Waals surface area (Å²) in [5.41, 5.74) is 3.54. The van der Waals surface area contributed by atoms with E-state index >= 15 is 0 Å². The zero-order valence-corrected chi connectivity index (χ0v) is 17.0. The molecule has 1 saturated carbocycles. The second-order valence-electron chi connectivity index (χ2n) is 8.69. The van der Waals surface area contributed by atoms with E-state index in [0.29, 0.717) is 17.7 Å². The number of likely N-dealkylation sites (tertiary alicyclic amines) is 1. The van der Waals surface area contributed by atoms with Crippen LogP contribution >= 0.6 is 0 Å². The first-order valence-electron chi connectivity index (χ1n) is 10.6. The highest BCUT2D eigenvalue weighted by Gasteiger charge is 2.38. The van der Waals surface area contributed by atoms with E-state index in [4.69, 9.17) is 4.74 Å². The third kappa shape index (κ3) is 3.59. The van der Waals surface area contributed by atoms with Crippen LogP contribution in [-0.2, 0) is 4.74 Å². The predicted octanol–water partition coefficient (Wildman–Crippen LogP) is 4.01. The highest BCUT2D eigenvalue weighted by Crippen LogP contribution is 2.38. The molecule has 0 bridgehead atoms. The van der Waals surface area contributed by atoms with Crippen LogP contribution < -0.4 is 5.69 Å². The van der Waals surface area contributed by atoms with Crippen molar-refractivity contribution in [2.24, 2.45) is 0 Å². The smallest absolute Gasteiger partial charge is 0.326 e. The maximum Gasteiger partial charge on any atom is 0.326 e.